The van der Waals surface area contributed by atoms with Crippen LogP contribution in [0, 0.1) is 0 Å². The van der Waals surface area contributed by atoms with Crippen molar-refractivity contribution in [1.82, 2.24) is 15.0 Å². The molecular weight excluding hydrogens is 334 g/mol. The van der Waals surface area contributed by atoms with E-state index in [1.165, 1.54) is 4.70 Å². The van der Waals surface area contributed by atoms with E-state index in [0.29, 0.717) is 6.54 Å². The van der Waals surface area contributed by atoms with Crippen LogP contribution in [0.5, 0.6) is 0 Å². The molecule has 0 atom stereocenters. The third-order valence-corrected chi connectivity index (χ3v) is 4.87. The Morgan fingerprint density at radius 2 is 1.88 bits per heavy atom. The topological polar surface area (TPSA) is 57.0 Å². The molecule has 124 valence electrons. The molecule has 4 rings (SSSR count). The number of benzene rings is 2. The van der Waals surface area contributed by atoms with Crippen LogP contribution in [0.1, 0.15) is 21.6 Å². The molecule has 6 heteroatoms. The van der Waals surface area contributed by atoms with Crippen molar-refractivity contribution in [1.29, 1.82) is 0 Å². The maximum Gasteiger partial charge on any atom is 0.360 e. The Bertz CT molecular complexity index is 1010. The van der Waals surface area contributed by atoms with Gasteiger partial charge in [-0.2, -0.15) is 0 Å². The zero-order valence-corrected chi connectivity index (χ0v) is 14.1. The van der Waals surface area contributed by atoms with E-state index >= 15 is 0 Å². The fourth-order valence-electron chi connectivity index (χ4n) is 2.60. The Morgan fingerprint density at radius 1 is 1.08 bits per heavy atom. The number of thiophene rings is 1. The van der Waals surface area contributed by atoms with Crippen molar-refractivity contribution in [2.24, 2.45) is 0 Å². The second-order valence-electron chi connectivity index (χ2n) is 5.62. The van der Waals surface area contributed by atoms with Crippen molar-refractivity contribution in [2.75, 3.05) is 0 Å². The van der Waals surface area contributed by atoms with E-state index in [1.54, 1.807) is 22.2 Å². The highest BCUT2D eigenvalue weighted by Crippen LogP contribution is 2.26. The van der Waals surface area contributed by atoms with Crippen molar-refractivity contribution >= 4 is 27.4 Å². The van der Waals surface area contributed by atoms with Crippen LogP contribution >= 0.6 is 11.3 Å². The highest BCUT2D eigenvalue weighted by atomic mass is 32.1. The molecule has 0 aliphatic carbocycles. The average molecular weight is 349 g/mol. The minimum Gasteiger partial charge on any atom is -0.456 e. The van der Waals surface area contributed by atoms with Crippen molar-refractivity contribution in [3.63, 3.8) is 0 Å². The largest absolute Gasteiger partial charge is 0.456 e. The van der Waals surface area contributed by atoms with E-state index < -0.39 is 5.97 Å². The lowest BCUT2D eigenvalue weighted by Crippen LogP contribution is -2.05. The molecule has 0 unspecified atom stereocenters. The Balaban J connectivity index is 1.41. The minimum atomic E-state index is -0.463. The second-order valence-corrected chi connectivity index (χ2v) is 6.53. The Hall–Kier alpha value is -2.99. The summed E-state index contributed by atoms with van der Waals surface area (Å²) in [5.41, 5.74) is 2.32. The van der Waals surface area contributed by atoms with Gasteiger partial charge in [0.05, 0.1) is 12.7 Å². The number of nitrogens with zero attached hydrogens (tertiary/aromatic N) is 3. The summed E-state index contributed by atoms with van der Waals surface area (Å²) in [5.74, 6) is -0.463. The van der Waals surface area contributed by atoms with Gasteiger partial charge in [0.15, 0.2) is 5.69 Å². The normalized spacial score (nSPS) is 10.9. The SMILES string of the molecule is O=C(OCc1csc2ccccc12)c1cn(Cc2ccccc2)nn1. The fraction of sp³-hybridized carbons (Fsp3) is 0.105. The van der Waals surface area contributed by atoms with Crippen LogP contribution < -0.4 is 0 Å². The van der Waals surface area contributed by atoms with E-state index in [1.807, 2.05) is 53.9 Å². The van der Waals surface area contributed by atoms with Gasteiger partial charge < -0.3 is 4.74 Å². The van der Waals surface area contributed by atoms with E-state index in [0.717, 1.165) is 16.5 Å². The highest BCUT2D eigenvalue weighted by Gasteiger charge is 2.14. The molecule has 4 aromatic rings. The van der Waals surface area contributed by atoms with Gasteiger partial charge in [-0.1, -0.05) is 53.7 Å². The first kappa shape index (κ1) is 15.5. The summed E-state index contributed by atoms with van der Waals surface area (Å²) < 4.78 is 8.21. The third kappa shape index (κ3) is 3.44. The summed E-state index contributed by atoms with van der Waals surface area (Å²) in [6.07, 6.45) is 1.61. The number of hydrogen-bond acceptors (Lipinski definition) is 5. The molecular formula is C19H15N3O2S. The molecule has 0 amide bonds. The van der Waals surface area contributed by atoms with E-state index in [4.69, 9.17) is 4.74 Å². The van der Waals surface area contributed by atoms with Crippen LogP contribution in [0.4, 0.5) is 0 Å². The smallest absolute Gasteiger partial charge is 0.360 e. The van der Waals surface area contributed by atoms with Crippen LogP contribution in [0.15, 0.2) is 66.2 Å². The second kappa shape index (κ2) is 6.86. The molecule has 2 heterocycles. The lowest BCUT2D eigenvalue weighted by molar-refractivity contribution is 0.0467. The van der Waals surface area contributed by atoms with Gasteiger partial charge in [0, 0.05) is 10.3 Å². The number of carbonyl (C=O) groups excluding carboxylic acids is 1. The first-order valence-corrected chi connectivity index (χ1v) is 8.74. The van der Waals surface area contributed by atoms with Gasteiger partial charge in [0.25, 0.3) is 0 Å². The maximum absolute atomic E-state index is 12.2. The number of rotatable bonds is 5. The molecule has 0 fully saturated rings. The van der Waals surface area contributed by atoms with Gasteiger partial charge in [-0.05, 0) is 22.4 Å². The minimum absolute atomic E-state index is 0.218. The standard InChI is InChI=1S/C19H15N3O2S/c23-19(24-12-15-13-25-18-9-5-4-8-16(15)18)17-11-22(21-20-17)10-14-6-2-1-3-7-14/h1-9,11,13H,10,12H2. The molecule has 5 nitrogen and oxygen atoms in total. The van der Waals surface area contributed by atoms with Crippen molar-refractivity contribution in [3.05, 3.63) is 83.0 Å². The lowest BCUT2D eigenvalue weighted by Gasteiger charge is -2.02. The molecule has 0 bridgehead atoms. The number of ether oxygens (including phenoxy) is 1. The molecule has 0 N–H and O–H groups in total. The van der Waals surface area contributed by atoms with Crippen LogP contribution in [0.3, 0.4) is 0 Å². The summed E-state index contributed by atoms with van der Waals surface area (Å²) in [5, 5.41) is 11.0. The summed E-state index contributed by atoms with van der Waals surface area (Å²) in [7, 11) is 0. The highest BCUT2D eigenvalue weighted by molar-refractivity contribution is 7.17. The predicted molar refractivity (Wildman–Crippen MR) is 96.5 cm³/mol. The Kier molecular flexibility index (Phi) is 4.26. The summed E-state index contributed by atoms with van der Waals surface area (Å²) in [6, 6.07) is 18.0. The van der Waals surface area contributed by atoms with E-state index in [2.05, 4.69) is 16.4 Å². The number of fused-ring (bicyclic) bond motifs is 1. The third-order valence-electron chi connectivity index (χ3n) is 3.86. The van der Waals surface area contributed by atoms with Crippen molar-refractivity contribution in [2.45, 2.75) is 13.2 Å². The van der Waals surface area contributed by atoms with Gasteiger partial charge in [-0.15, -0.1) is 16.4 Å². The number of carbonyl (C=O) groups is 1. The first-order chi connectivity index (χ1) is 12.3. The van der Waals surface area contributed by atoms with Gasteiger partial charge >= 0.3 is 5.97 Å². The zero-order chi connectivity index (χ0) is 17.1. The number of esters is 1. The average Bonchev–Trinajstić information content (AvgIpc) is 3.28. The lowest BCUT2D eigenvalue weighted by atomic mass is 10.2. The number of aromatic nitrogens is 3. The molecule has 0 saturated heterocycles. The monoisotopic (exact) mass is 349 g/mol. The van der Waals surface area contributed by atoms with Crippen LogP contribution in [-0.2, 0) is 17.9 Å². The summed E-state index contributed by atoms with van der Waals surface area (Å²) in [4.78, 5) is 12.2. The zero-order valence-electron chi connectivity index (χ0n) is 13.3. The molecule has 2 aromatic carbocycles. The fourth-order valence-corrected chi connectivity index (χ4v) is 3.55. The Labute approximate surface area is 148 Å². The predicted octanol–water partition coefficient (Wildman–Crippen LogP) is 3.90. The van der Waals surface area contributed by atoms with Crippen molar-refractivity contribution < 1.29 is 9.53 Å². The van der Waals surface area contributed by atoms with Crippen LogP contribution in [-0.4, -0.2) is 21.0 Å². The number of hydrogen-bond donors (Lipinski definition) is 0. The van der Waals surface area contributed by atoms with Crippen LogP contribution in [0.2, 0.25) is 0 Å². The maximum atomic E-state index is 12.2. The molecule has 0 radical (unpaired) electrons. The van der Waals surface area contributed by atoms with Gasteiger partial charge in [0.1, 0.15) is 6.61 Å². The quantitative estimate of drug-likeness (QED) is 0.513. The Morgan fingerprint density at radius 3 is 2.76 bits per heavy atom. The summed E-state index contributed by atoms with van der Waals surface area (Å²) >= 11 is 1.64. The first-order valence-electron chi connectivity index (χ1n) is 7.86. The molecule has 0 aliphatic heterocycles. The van der Waals surface area contributed by atoms with Crippen molar-refractivity contribution in [3.8, 4) is 0 Å². The van der Waals surface area contributed by atoms with E-state index in [-0.39, 0.29) is 12.3 Å². The van der Waals surface area contributed by atoms with Gasteiger partial charge in [0.2, 0.25) is 0 Å². The van der Waals surface area contributed by atoms with Crippen LogP contribution in [0.25, 0.3) is 10.1 Å². The molecule has 0 spiro atoms. The molecule has 0 saturated carbocycles. The summed E-state index contributed by atoms with van der Waals surface area (Å²) in [6.45, 7) is 0.796. The molecule has 2 aromatic heterocycles. The molecule has 25 heavy (non-hydrogen) atoms. The van der Waals surface area contributed by atoms with Gasteiger partial charge in [-0.3, -0.25) is 0 Å². The van der Waals surface area contributed by atoms with Gasteiger partial charge in [-0.25, -0.2) is 9.48 Å². The molecule has 0 aliphatic rings. The van der Waals surface area contributed by atoms with E-state index in [9.17, 15) is 4.79 Å².